The Bertz CT molecular complexity index is 1090. The van der Waals surface area contributed by atoms with E-state index in [1.54, 1.807) is 17.0 Å². The van der Waals surface area contributed by atoms with Crippen molar-refractivity contribution in [1.29, 1.82) is 5.26 Å². The SMILES string of the molecule is N#Cc1ccc(N2CC(CO)C3(CCN(C(=O)c4cccc(F)c4)CC3)C2)cc1C(F)(F)F. The number of alkyl halides is 3. The quantitative estimate of drug-likeness (QED) is 0.700. The van der Waals surface area contributed by atoms with Crippen molar-refractivity contribution in [3.8, 4) is 6.07 Å². The van der Waals surface area contributed by atoms with Gasteiger partial charge in [0.05, 0.1) is 17.2 Å². The van der Waals surface area contributed by atoms with Crippen LogP contribution < -0.4 is 4.90 Å². The van der Waals surface area contributed by atoms with E-state index in [1.807, 2.05) is 4.90 Å². The molecule has 174 valence electrons. The van der Waals surface area contributed by atoms with Gasteiger partial charge in [-0.25, -0.2) is 4.39 Å². The van der Waals surface area contributed by atoms with Gasteiger partial charge in [-0.1, -0.05) is 6.07 Å². The summed E-state index contributed by atoms with van der Waals surface area (Å²) in [4.78, 5) is 16.2. The molecule has 2 aliphatic heterocycles. The molecule has 4 rings (SSSR count). The number of anilines is 1. The Morgan fingerprint density at radius 2 is 1.91 bits per heavy atom. The van der Waals surface area contributed by atoms with Crippen LogP contribution in [0.15, 0.2) is 42.5 Å². The molecule has 0 radical (unpaired) electrons. The number of hydrogen-bond acceptors (Lipinski definition) is 4. The first kappa shape index (κ1) is 23.1. The van der Waals surface area contributed by atoms with Gasteiger partial charge in [0.25, 0.3) is 5.91 Å². The molecule has 0 bridgehead atoms. The average Bonchev–Trinajstić information content (AvgIpc) is 3.16. The summed E-state index contributed by atoms with van der Waals surface area (Å²) in [6.45, 7) is 1.55. The first-order valence-electron chi connectivity index (χ1n) is 10.7. The van der Waals surface area contributed by atoms with Crippen LogP contribution in [0, 0.1) is 28.5 Å². The maximum absolute atomic E-state index is 13.5. The van der Waals surface area contributed by atoms with Crippen molar-refractivity contribution in [2.45, 2.75) is 19.0 Å². The molecule has 5 nitrogen and oxygen atoms in total. The summed E-state index contributed by atoms with van der Waals surface area (Å²) in [6.07, 6.45) is -3.48. The van der Waals surface area contributed by atoms with Gasteiger partial charge in [0.15, 0.2) is 0 Å². The third-order valence-corrected chi connectivity index (χ3v) is 6.95. The zero-order chi connectivity index (χ0) is 23.8. The highest BCUT2D eigenvalue weighted by atomic mass is 19.4. The Morgan fingerprint density at radius 3 is 2.52 bits per heavy atom. The van der Waals surface area contributed by atoms with E-state index in [-0.39, 0.29) is 29.4 Å². The fourth-order valence-electron chi connectivity index (χ4n) is 5.07. The number of nitriles is 1. The van der Waals surface area contributed by atoms with Crippen molar-refractivity contribution in [3.63, 3.8) is 0 Å². The van der Waals surface area contributed by atoms with Crippen LogP contribution in [0.4, 0.5) is 23.2 Å². The van der Waals surface area contributed by atoms with Crippen LogP contribution in [-0.2, 0) is 6.18 Å². The summed E-state index contributed by atoms with van der Waals surface area (Å²) in [5.74, 6) is -0.905. The van der Waals surface area contributed by atoms with Crippen molar-refractivity contribution in [3.05, 3.63) is 65.0 Å². The Hall–Kier alpha value is -3.12. The zero-order valence-corrected chi connectivity index (χ0v) is 17.8. The van der Waals surface area contributed by atoms with E-state index < -0.39 is 23.1 Å². The predicted octanol–water partition coefficient (Wildman–Crippen LogP) is 4.07. The van der Waals surface area contributed by atoms with E-state index in [1.165, 1.54) is 30.3 Å². The van der Waals surface area contributed by atoms with Crippen LogP contribution in [-0.4, -0.2) is 48.7 Å². The first-order valence-corrected chi connectivity index (χ1v) is 10.7. The fraction of sp³-hybridized carbons (Fsp3) is 0.417. The van der Waals surface area contributed by atoms with Gasteiger partial charge in [0, 0.05) is 50.0 Å². The van der Waals surface area contributed by atoms with Crippen LogP contribution in [0.1, 0.15) is 34.3 Å². The number of rotatable bonds is 3. The predicted molar refractivity (Wildman–Crippen MR) is 113 cm³/mol. The highest BCUT2D eigenvalue weighted by Crippen LogP contribution is 2.46. The summed E-state index contributed by atoms with van der Waals surface area (Å²) >= 11 is 0. The third kappa shape index (κ3) is 4.40. The lowest BCUT2D eigenvalue weighted by atomic mass is 9.71. The molecule has 2 aliphatic rings. The molecule has 2 saturated heterocycles. The van der Waals surface area contributed by atoms with Crippen LogP contribution in [0.25, 0.3) is 0 Å². The molecule has 2 aromatic carbocycles. The third-order valence-electron chi connectivity index (χ3n) is 6.95. The number of carbonyl (C=O) groups is 1. The number of aliphatic hydroxyl groups excluding tert-OH is 1. The Kier molecular flexibility index (Phi) is 6.06. The first-order chi connectivity index (χ1) is 15.7. The lowest BCUT2D eigenvalue weighted by Crippen LogP contribution is -2.47. The second-order valence-electron chi connectivity index (χ2n) is 8.76. The van der Waals surface area contributed by atoms with Gasteiger partial charge in [0.1, 0.15) is 5.82 Å². The summed E-state index contributed by atoms with van der Waals surface area (Å²) in [6, 6.07) is 10.8. The number of piperidine rings is 1. The number of benzene rings is 2. The highest BCUT2D eigenvalue weighted by Gasteiger charge is 2.48. The maximum Gasteiger partial charge on any atom is 0.417 e. The van der Waals surface area contributed by atoms with E-state index in [0.717, 1.165) is 6.07 Å². The van der Waals surface area contributed by atoms with E-state index in [4.69, 9.17) is 5.26 Å². The molecule has 1 amide bonds. The van der Waals surface area contributed by atoms with Crippen molar-refractivity contribution in [1.82, 2.24) is 4.90 Å². The van der Waals surface area contributed by atoms with Gasteiger partial charge in [0.2, 0.25) is 0 Å². The smallest absolute Gasteiger partial charge is 0.396 e. The van der Waals surface area contributed by atoms with Crippen molar-refractivity contribution in [2.75, 3.05) is 37.7 Å². The molecule has 9 heteroatoms. The zero-order valence-electron chi connectivity index (χ0n) is 17.8. The molecule has 0 saturated carbocycles. The van der Waals surface area contributed by atoms with E-state index in [9.17, 15) is 27.5 Å². The number of likely N-dealkylation sites (tertiary alicyclic amines) is 1. The summed E-state index contributed by atoms with van der Waals surface area (Å²) in [7, 11) is 0. The van der Waals surface area contributed by atoms with Crippen LogP contribution in [0.2, 0.25) is 0 Å². The van der Waals surface area contributed by atoms with Crippen molar-refractivity contribution < 1.29 is 27.5 Å². The minimum absolute atomic E-state index is 0.114. The van der Waals surface area contributed by atoms with Crippen molar-refractivity contribution in [2.24, 2.45) is 11.3 Å². The monoisotopic (exact) mass is 461 g/mol. The number of nitrogens with zero attached hydrogens (tertiary/aromatic N) is 3. The topological polar surface area (TPSA) is 67.6 Å². The molecular weight excluding hydrogens is 438 g/mol. The molecular formula is C24H23F4N3O2. The minimum atomic E-state index is -4.64. The standard InChI is InChI=1S/C24H23F4N3O2/c25-19-3-1-2-16(10-19)22(33)30-8-6-23(7-9-30)15-31(13-18(23)14-32)20-5-4-17(12-29)21(11-20)24(26,27)28/h1-5,10-11,18,32H,6-9,13-15H2. The molecule has 1 unspecified atom stereocenters. The summed E-state index contributed by atoms with van der Waals surface area (Å²) < 4.78 is 53.7. The molecule has 2 heterocycles. The molecule has 1 spiro atoms. The number of amides is 1. The fourth-order valence-corrected chi connectivity index (χ4v) is 5.07. The van der Waals surface area contributed by atoms with Gasteiger partial charge in [-0.15, -0.1) is 0 Å². The molecule has 1 N–H and O–H groups in total. The van der Waals surface area contributed by atoms with Gasteiger partial charge < -0.3 is 14.9 Å². The molecule has 2 aromatic rings. The lowest BCUT2D eigenvalue weighted by molar-refractivity contribution is -0.137. The number of carbonyl (C=O) groups excluding carboxylic acids is 1. The minimum Gasteiger partial charge on any atom is -0.396 e. The number of hydrogen-bond donors (Lipinski definition) is 1. The van der Waals surface area contributed by atoms with Gasteiger partial charge in [-0.2, -0.15) is 18.4 Å². The van der Waals surface area contributed by atoms with Gasteiger partial charge >= 0.3 is 6.18 Å². The summed E-state index contributed by atoms with van der Waals surface area (Å²) in [5.41, 5.74) is -1.12. The van der Waals surface area contributed by atoms with Crippen LogP contribution >= 0.6 is 0 Å². The summed E-state index contributed by atoms with van der Waals surface area (Å²) in [5, 5.41) is 19.1. The van der Waals surface area contributed by atoms with E-state index >= 15 is 0 Å². The highest BCUT2D eigenvalue weighted by molar-refractivity contribution is 5.94. The number of aliphatic hydroxyl groups is 1. The van der Waals surface area contributed by atoms with E-state index in [0.29, 0.717) is 44.7 Å². The lowest BCUT2D eigenvalue weighted by Gasteiger charge is -2.42. The Balaban J connectivity index is 1.51. The maximum atomic E-state index is 13.5. The molecule has 33 heavy (non-hydrogen) atoms. The Labute approximate surface area is 188 Å². The molecule has 0 aliphatic carbocycles. The van der Waals surface area contributed by atoms with Crippen LogP contribution in [0.5, 0.6) is 0 Å². The van der Waals surface area contributed by atoms with E-state index in [2.05, 4.69) is 0 Å². The van der Waals surface area contributed by atoms with Crippen molar-refractivity contribution >= 4 is 11.6 Å². The molecule has 1 atom stereocenters. The average molecular weight is 461 g/mol. The second kappa shape index (κ2) is 8.67. The van der Waals surface area contributed by atoms with Gasteiger partial charge in [-0.05, 0) is 54.7 Å². The second-order valence-corrected chi connectivity index (χ2v) is 8.76. The molecule has 2 fully saturated rings. The molecule has 0 aromatic heterocycles. The van der Waals surface area contributed by atoms with Crippen LogP contribution in [0.3, 0.4) is 0 Å². The number of halogens is 4. The Morgan fingerprint density at radius 1 is 1.18 bits per heavy atom. The normalized spacial score (nSPS) is 20.2. The largest absolute Gasteiger partial charge is 0.417 e. The van der Waals surface area contributed by atoms with Gasteiger partial charge in [-0.3, -0.25) is 4.79 Å².